The monoisotopic (exact) mass is 287 g/mol. The Morgan fingerprint density at radius 1 is 1.44 bits per heavy atom. The third-order valence-electron chi connectivity index (χ3n) is 3.36. The molecule has 1 saturated heterocycles. The van der Waals surface area contributed by atoms with Crippen LogP contribution >= 0.6 is 23.2 Å². The van der Waals surface area contributed by atoms with Gasteiger partial charge in [0.15, 0.2) is 0 Å². The molecule has 1 N–H and O–H groups in total. The third kappa shape index (κ3) is 3.00. The maximum absolute atomic E-state index is 6.26. The van der Waals surface area contributed by atoms with Gasteiger partial charge in [-0.2, -0.15) is 0 Å². The van der Waals surface area contributed by atoms with Gasteiger partial charge in [-0.25, -0.2) is 0 Å². The van der Waals surface area contributed by atoms with Gasteiger partial charge in [-0.15, -0.1) is 0 Å². The topological polar surface area (TPSA) is 21.3 Å². The van der Waals surface area contributed by atoms with Crippen LogP contribution in [0.3, 0.4) is 0 Å². The molecule has 2 nitrogen and oxygen atoms in total. The third-order valence-corrected chi connectivity index (χ3v) is 4.20. The summed E-state index contributed by atoms with van der Waals surface area (Å²) in [7, 11) is 0. The van der Waals surface area contributed by atoms with E-state index >= 15 is 0 Å². The summed E-state index contributed by atoms with van der Waals surface area (Å²) in [5.41, 5.74) is 0.849. The lowest BCUT2D eigenvalue weighted by molar-refractivity contribution is -0.112. The van der Waals surface area contributed by atoms with E-state index in [0.29, 0.717) is 10.0 Å². The number of hydrogen-bond donors (Lipinski definition) is 1. The van der Waals surface area contributed by atoms with Gasteiger partial charge in [-0.1, -0.05) is 48.7 Å². The molecule has 2 unspecified atom stereocenters. The molecule has 100 valence electrons. The zero-order valence-corrected chi connectivity index (χ0v) is 12.3. The Labute approximate surface area is 119 Å². The number of halogens is 2. The number of benzene rings is 1. The van der Waals surface area contributed by atoms with Crippen LogP contribution in [-0.2, 0) is 4.74 Å². The van der Waals surface area contributed by atoms with Crippen LogP contribution in [0.2, 0.25) is 10.0 Å². The highest BCUT2D eigenvalue weighted by Gasteiger charge is 2.33. The van der Waals surface area contributed by atoms with Crippen molar-refractivity contribution in [1.29, 1.82) is 0 Å². The predicted octanol–water partition coefficient (Wildman–Crippen LogP) is 4.21. The highest BCUT2D eigenvalue weighted by Crippen LogP contribution is 2.36. The first kappa shape index (κ1) is 14.1. The molecule has 0 spiro atoms. The summed E-state index contributed by atoms with van der Waals surface area (Å²) in [6.45, 7) is 5.98. The lowest BCUT2D eigenvalue weighted by atomic mass is 9.96. The number of hydrogen-bond acceptors (Lipinski definition) is 2. The van der Waals surface area contributed by atoms with Gasteiger partial charge >= 0.3 is 0 Å². The fraction of sp³-hybridized carbons (Fsp3) is 0.571. The molecule has 1 fully saturated rings. The van der Waals surface area contributed by atoms with Gasteiger partial charge in [0.1, 0.15) is 0 Å². The van der Waals surface area contributed by atoms with E-state index in [-0.39, 0.29) is 11.7 Å². The van der Waals surface area contributed by atoms with Gasteiger partial charge < -0.3 is 10.1 Å². The minimum absolute atomic E-state index is 0.0264. The summed E-state index contributed by atoms with van der Waals surface area (Å²) >= 11 is 12.3. The van der Waals surface area contributed by atoms with Crippen molar-refractivity contribution >= 4 is 23.2 Å². The molecular weight excluding hydrogens is 269 g/mol. The second-order valence-electron chi connectivity index (χ2n) is 5.08. The van der Waals surface area contributed by atoms with E-state index in [0.717, 1.165) is 31.5 Å². The van der Waals surface area contributed by atoms with E-state index in [4.69, 9.17) is 27.9 Å². The van der Waals surface area contributed by atoms with Crippen LogP contribution in [-0.4, -0.2) is 18.7 Å². The largest absolute Gasteiger partial charge is 0.365 e. The first-order valence-corrected chi connectivity index (χ1v) is 7.14. The van der Waals surface area contributed by atoms with Crippen LogP contribution < -0.4 is 5.32 Å². The molecule has 0 aromatic heterocycles. The second kappa shape index (κ2) is 5.79. The number of rotatable bonds is 3. The molecule has 1 aromatic rings. The molecule has 1 aromatic carbocycles. The summed E-state index contributed by atoms with van der Waals surface area (Å²) in [4.78, 5) is 0. The molecular formula is C14H19Cl2NO. The average Bonchev–Trinajstić information content (AvgIpc) is 2.32. The van der Waals surface area contributed by atoms with Crippen molar-refractivity contribution in [2.75, 3.05) is 13.1 Å². The van der Waals surface area contributed by atoms with E-state index < -0.39 is 0 Å². The summed E-state index contributed by atoms with van der Waals surface area (Å²) in [6.07, 6.45) is 2.12. The fourth-order valence-electron chi connectivity index (χ4n) is 2.51. The normalized spacial score (nSPS) is 28.3. The van der Waals surface area contributed by atoms with Gasteiger partial charge in [-0.05, 0) is 19.4 Å². The molecule has 0 radical (unpaired) electrons. The minimum Gasteiger partial charge on any atom is -0.365 e. The molecule has 2 rings (SSSR count). The summed E-state index contributed by atoms with van der Waals surface area (Å²) in [5.74, 6) is 0. The summed E-state index contributed by atoms with van der Waals surface area (Å²) in [6, 6.07) is 5.70. The fourth-order valence-corrected chi connectivity index (χ4v) is 2.94. The highest BCUT2D eigenvalue weighted by atomic mass is 35.5. The molecule has 0 bridgehead atoms. The van der Waals surface area contributed by atoms with Crippen LogP contribution in [0.5, 0.6) is 0 Å². The SMILES string of the molecule is CCCC1(C)CNCC(c2cccc(Cl)c2Cl)O1. The highest BCUT2D eigenvalue weighted by molar-refractivity contribution is 6.42. The van der Waals surface area contributed by atoms with Crippen LogP contribution in [0.4, 0.5) is 0 Å². The van der Waals surface area contributed by atoms with Crippen molar-refractivity contribution in [3.8, 4) is 0 Å². The van der Waals surface area contributed by atoms with Crippen LogP contribution in [0.1, 0.15) is 38.4 Å². The average molecular weight is 288 g/mol. The maximum atomic E-state index is 6.26. The minimum atomic E-state index is -0.122. The number of nitrogens with one attached hydrogen (secondary N) is 1. The zero-order valence-electron chi connectivity index (χ0n) is 10.8. The van der Waals surface area contributed by atoms with Crippen LogP contribution in [0, 0.1) is 0 Å². The molecule has 18 heavy (non-hydrogen) atoms. The van der Waals surface area contributed by atoms with Crippen LogP contribution in [0.25, 0.3) is 0 Å². The number of ether oxygens (including phenoxy) is 1. The Morgan fingerprint density at radius 2 is 2.22 bits per heavy atom. The Kier molecular flexibility index (Phi) is 4.54. The zero-order chi connectivity index (χ0) is 13.2. The van der Waals surface area contributed by atoms with Crippen molar-refractivity contribution in [2.45, 2.75) is 38.4 Å². The molecule has 2 atom stereocenters. The van der Waals surface area contributed by atoms with Crippen molar-refractivity contribution in [3.05, 3.63) is 33.8 Å². The first-order chi connectivity index (χ1) is 8.56. The van der Waals surface area contributed by atoms with E-state index in [1.165, 1.54) is 0 Å². The molecule has 0 amide bonds. The maximum Gasteiger partial charge on any atom is 0.0972 e. The van der Waals surface area contributed by atoms with E-state index in [2.05, 4.69) is 19.2 Å². The summed E-state index contributed by atoms with van der Waals surface area (Å²) < 4.78 is 6.23. The smallest absolute Gasteiger partial charge is 0.0972 e. The molecule has 1 heterocycles. The standard InChI is InChI=1S/C14H19Cl2NO/c1-3-7-14(2)9-17-8-12(18-14)10-5-4-6-11(15)13(10)16/h4-6,12,17H,3,7-9H2,1-2H3. The van der Waals surface area contributed by atoms with Gasteiger partial charge in [0.2, 0.25) is 0 Å². The Morgan fingerprint density at radius 3 is 2.94 bits per heavy atom. The van der Waals surface area contributed by atoms with Crippen molar-refractivity contribution in [1.82, 2.24) is 5.32 Å². The lowest BCUT2D eigenvalue weighted by Gasteiger charge is -2.39. The first-order valence-electron chi connectivity index (χ1n) is 6.38. The van der Waals surface area contributed by atoms with Gasteiger partial charge in [0.05, 0.1) is 21.8 Å². The van der Waals surface area contributed by atoms with Gasteiger partial charge in [0, 0.05) is 18.7 Å². The van der Waals surface area contributed by atoms with E-state index in [1.807, 2.05) is 12.1 Å². The molecule has 1 aliphatic rings. The number of morpholine rings is 1. The molecule has 1 aliphatic heterocycles. The van der Waals surface area contributed by atoms with E-state index in [1.54, 1.807) is 6.07 Å². The molecule has 4 heteroatoms. The Hall–Kier alpha value is -0.280. The van der Waals surface area contributed by atoms with Gasteiger partial charge in [-0.3, -0.25) is 0 Å². The van der Waals surface area contributed by atoms with Gasteiger partial charge in [0.25, 0.3) is 0 Å². The van der Waals surface area contributed by atoms with Crippen LogP contribution in [0.15, 0.2) is 18.2 Å². The van der Waals surface area contributed by atoms with Crippen molar-refractivity contribution in [2.24, 2.45) is 0 Å². The summed E-state index contributed by atoms with van der Waals surface area (Å²) in [5, 5.41) is 4.62. The van der Waals surface area contributed by atoms with E-state index in [9.17, 15) is 0 Å². The molecule has 0 aliphatic carbocycles. The van der Waals surface area contributed by atoms with Crippen molar-refractivity contribution in [3.63, 3.8) is 0 Å². The lowest BCUT2D eigenvalue weighted by Crippen LogP contribution is -2.48. The Balaban J connectivity index is 2.20. The predicted molar refractivity (Wildman–Crippen MR) is 76.5 cm³/mol. The quantitative estimate of drug-likeness (QED) is 0.899. The Bertz CT molecular complexity index is 420. The van der Waals surface area contributed by atoms with Crippen molar-refractivity contribution < 1.29 is 4.74 Å². The second-order valence-corrected chi connectivity index (χ2v) is 5.87. The molecule has 0 saturated carbocycles.